The molecule has 0 aromatic carbocycles. The van der Waals surface area contributed by atoms with Crippen LogP contribution in [0.5, 0.6) is 0 Å². The molecule has 0 aliphatic rings. The first-order valence-corrected chi connectivity index (χ1v) is 5.94. The first-order valence-electron chi connectivity index (χ1n) is 5.06. The van der Waals surface area contributed by atoms with Gasteiger partial charge in [0.2, 0.25) is 0 Å². The molecule has 3 heteroatoms. The van der Waals surface area contributed by atoms with Gasteiger partial charge in [0.25, 0.3) is 0 Å². The first kappa shape index (κ1) is 11.7. The van der Waals surface area contributed by atoms with Crippen LogP contribution >= 0.6 is 11.3 Å². The molecule has 0 amide bonds. The minimum atomic E-state index is 0.426. The highest BCUT2D eigenvalue weighted by Crippen LogP contribution is 2.18. The molecule has 0 bridgehead atoms. The summed E-state index contributed by atoms with van der Waals surface area (Å²) in [6, 6.07) is 5.14. The molecule has 80 valence electrons. The number of hydrogen-bond acceptors (Lipinski definition) is 3. The molecule has 0 aliphatic heterocycles. The van der Waals surface area contributed by atoms with Crippen molar-refractivity contribution in [3.63, 3.8) is 0 Å². The number of methoxy groups -OCH3 is 1. The van der Waals surface area contributed by atoms with Gasteiger partial charge < -0.3 is 10.1 Å². The van der Waals surface area contributed by atoms with Crippen LogP contribution in [0.1, 0.15) is 31.2 Å². The molecule has 0 aliphatic carbocycles. The summed E-state index contributed by atoms with van der Waals surface area (Å²) in [5, 5.41) is 5.67. The summed E-state index contributed by atoms with van der Waals surface area (Å²) in [7, 11) is 1.75. The molecule has 0 radical (unpaired) electrons. The van der Waals surface area contributed by atoms with E-state index in [4.69, 9.17) is 4.74 Å². The van der Waals surface area contributed by atoms with Gasteiger partial charge >= 0.3 is 0 Å². The number of thiophene rings is 1. The number of rotatable bonds is 6. The third kappa shape index (κ3) is 3.40. The Morgan fingerprint density at radius 1 is 1.57 bits per heavy atom. The van der Waals surface area contributed by atoms with Crippen LogP contribution in [0.2, 0.25) is 0 Å². The molecule has 1 heterocycles. The van der Waals surface area contributed by atoms with Crippen LogP contribution in [-0.4, -0.2) is 19.8 Å². The molecule has 2 atom stereocenters. The second kappa shape index (κ2) is 6.17. The second-order valence-corrected chi connectivity index (χ2v) is 4.44. The molecule has 1 aromatic rings. The molecular formula is C11H19NOS. The number of nitrogens with one attached hydrogen (secondary N) is 1. The maximum absolute atomic E-state index is 5.15. The molecule has 1 aromatic heterocycles. The van der Waals surface area contributed by atoms with Gasteiger partial charge in [-0.1, -0.05) is 13.0 Å². The Labute approximate surface area is 90.3 Å². The van der Waals surface area contributed by atoms with Crippen molar-refractivity contribution in [1.29, 1.82) is 0 Å². The highest BCUT2D eigenvalue weighted by atomic mass is 32.1. The monoisotopic (exact) mass is 213 g/mol. The van der Waals surface area contributed by atoms with Crippen LogP contribution in [-0.2, 0) is 4.74 Å². The summed E-state index contributed by atoms with van der Waals surface area (Å²) in [5.41, 5.74) is 0. The number of ether oxygens (including phenoxy) is 1. The summed E-state index contributed by atoms with van der Waals surface area (Å²) in [6.07, 6.45) is 1.10. The van der Waals surface area contributed by atoms with Gasteiger partial charge in [0, 0.05) is 24.1 Å². The van der Waals surface area contributed by atoms with Crippen LogP contribution in [0.3, 0.4) is 0 Å². The summed E-state index contributed by atoms with van der Waals surface area (Å²) < 4.78 is 5.15. The molecule has 14 heavy (non-hydrogen) atoms. The van der Waals surface area contributed by atoms with E-state index in [2.05, 4.69) is 36.7 Å². The normalized spacial score (nSPS) is 15.4. The zero-order valence-electron chi connectivity index (χ0n) is 9.12. The van der Waals surface area contributed by atoms with Gasteiger partial charge in [-0.15, -0.1) is 11.3 Å². The van der Waals surface area contributed by atoms with Gasteiger partial charge in [0.05, 0.1) is 6.61 Å². The van der Waals surface area contributed by atoms with Crippen molar-refractivity contribution < 1.29 is 4.74 Å². The van der Waals surface area contributed by atoms with E-state index in [9.17, 15) is 0 Å². The highest BCUT2D eigenvalue weighted by Gasteiger charge is 2.11. The Balaban J connectivity index is 2.42. The Kier molecular flexibility index (Phi) is 5.15. The predicted octanol–water partition coefficient (Wildman–Crippen LogP) is 2.82. The maximum Gasteiger partial charge on any atom is 0.0615 e. The van der Waals surface area contributed by atoms with E-state index in [1.165, 1.54) is 4.88 Å². The average Bonchev–Trinajstić information content (AvgIpc) is 2.69. The van der Waals surface area contributed by atoms with Crippen molar-refractivity contribution in [2.45, 2.75) is 32.4 Å². The van der Waals surface area contributed by atoms with Gasteiger partial charge in [0.1, 0.15) is 0 Å². The van der Waals surface area contributed by atoms with Crippen molar-refractivity contribution >= 4 is 11.3 Å². The Morgan fingerprint density at radius 2 is 2.36 bits per heavy atom. The van der Waals surface area contributed by atoms with Crippen LogP contribution in [0.15, 0.2) is 17.5 Å². The highest BCUT2D eigenvalue weighted by molar-refractivity contribution is 7.10. The fraction of sp³-hybridized carbons (Fsp3) is 0.636. The van der Waals surface area contributed by atoms with Gasteiger partial charge in [0.15, 0.2) is 0 Å². The molecule has 2 nitrogen and oxygen atoms in total. The smallest absolute Gasteiger partial charge is 0.0615 e. The van der Waals surface area contributed by atoms with E-state index in [1.807, 2.05) is 0 Å². The van der Waals surface area contributed by atoms with Crippen molar-refractivity contribution in [3.8, 4) is 0 Å². The van der Waals surface area contributed by atoms with Crippen LogP contribution < -0.4 is 5.32 Å². The maximum atomic E-state index is 5.15. The lowest BCUT2D eigenvalue weighted by Gasteiger charge is -2.20. The van der Waals surface area contributed by atoms with E-state index >= 15 is 0 Å². The van der Waals surface area contributed by atoms with Crippen molar-refractivity contribution in [2.24, 2.45) is 0 Å². The molecule has 1 N–H and O–H groups in total. The molecule has 0 saturated heterocycles. The van der Waals surface area contributed by atoms with Crippen LogP contribution in [0.4, 0.5) is 0 Å². The summed E-state index contributed by atoms with van der Waals surface area (Å²) in [4.78, 5) is 1.39. The number of hydrogen-bond donors (Lipinski definition) is 1. The molecule has 0 fully saturated rings. The molecular weight excluding hydrogens is 194 g/mol. The van der Waals surface area contributed by atoms with Gasteiger partial charge in [-0.05, 0) is 24.8 Å². The third-order valence-corrected chi connectivity index (χ3v) is 3.37. The lowest BCUT2D eigenvalue weighted by atomic mass is 10.2. The van der Waals surface area contributed by atoms with E-state index in [-0.39, 0.29) is 0 Å². The first-order chi connectivity index (χ1) is 6.77. The zero-order valence-corrected chi connectivity index (χ0v) is 9.93. The van der Waals surface area contributed by atoms with Gasteiger partial charge in [-0.3, -0.25) is 0 Å². The van der Waals surface area contributed by atoms with Gasteiger partial charge in [-0.2, -0.15) is 0 Å². The van der Waals surface area contributed by atoms with Crippen molar-refractivity contribution in [3.05, 3.63) is 22.4 Å². The van der Waals surface area contributed by atoms with Crippen LogP contribution in [0.25, 0.3) is 0 Å². The van der Waals surface area contributed by atoms with Crippen molar-refractivity contribution in [1.82, 2.24) is 5.32 Å². The zero-order chi connectivity index (χ0) is 10.4. The topological polar surface area (TPSA) is 21.3 Å². The Bertz CT molecular complexity index is 235. The average molecular weight is 213 g/mol. The Hall–Kier alpha value is -0.380. The minimum absolute atomic E-state index is 0.426. The third-order valence-electron chi connectivity index (χ3n) is 2.32. The minimum Gasteiger partial charge on any atom is -0.383 e. The lowest BCUT2D eigenvalue weighted by molar-refractivity contribution is 0.160. The van der Waals surface area contributed by atoms with E-state index in [1.54, 1.807) is 18.4 Å². The van der Waals surface area contributed by atoms with E-state index in [0.717, 1.165) is 13.0 Å². The van der Waals surface area contributed by atoms with E-state index < -0.39 is 0 Å². The summed E-state index contributed by atoms with van der Waals surface area (Å²) in [6.45, 7) is 5.16. The standard InChI is InChI=1S/C11H19NOS/c1-4-10(8-13-3)12-9(2)11-6-5-7-14-11/h5-7,9-10,12H,4,8H2,1-3H3/t9-,10?/m1/s1. The quantitative estimate of drug-likeness (QED) is 0.784. The lowest BCUT2D eigenvalue weighted by Crippen LogP contribution is -2.34. The van der Waals surface area contributed by atoms with E-state index in [0.29, 0.717) is 12.1 Å². The molecule has 1 unspecified atom stereocenters. The summed E-state index contributed by atoms with van der Waals surface area (Å²) >= 11 is 1.80. The largest absolute Gasteiger partial charge is 0.383 e. The SMILES string of the molecule is CCC(COC)N[C@H](C)c1cccs1. The Morgan fingerprint density at radius 3 is 2.86 bits per heavy atom. The second-order valence-electron chi connectivity index (χ2n) is 3.46. The van der Waals surface area contributed by atoms with Gasteiger partial charge in [-0.25, -0.2) is 0 Å². The molecule has 0 saturated carbocycles. The fourth-order valence-corrected chi connectivity index (χ4v) is 2.20. The predicted molar refractivity (Wildman–Crippen MR) is 61.8 cm³/mol. The van der Waals surface area contributed by atoms with Crippen LogP contribution in [0, 0.1) is 0 Å². The van der Waals surface area contributed by atoms with Crippen molar-refractivity contribution in [2.75, 3.05) is 13.7 Å². The summed E-state index contributed by atoms with van der Waals surface area (Å²) in [5.74, 6) is 0. The molecule has 1 rings (SSSR count). The fourth-order valence-electron chi connectivity index (χ4n) is 1.46. The molecule has 0 spiro atoms.